The second-order valence-corrected chi connectivity index (χ2v) is 20.9. The van der Waals surface area contributed by atoms with Crippen LogP contribution in [-0.4, -0.2) is 37.2 Å². The minimum atomic E-state index is -0.762. The van der Waals surface area contributed by atoms with E-state index in [4.69, 9.17) is 14.2 Å². The topological polar surface area (TPSA) is 78.9 Å². The molecule has 0 amide bonds. The monoisotopic (exact) mass is 905 g/mol. The summed E-state index contributed by atoms with van der Waals surface area (Å²) in [5, 5.41) is 0. The van der Waals surface area contributed by atoms with Crippen molar-refractivity contribution in [3.8, 4) is 0 Å². The molecule has 64 heavy (non-hydrogen) atoms. The van der Waals surface area contributed by atoms with Crippen LogP contribution in [0.4, 0.5) is 0 Å². The molecule has 0 rings (SSSR count). The number of esters is 3. The molecule has 0 saturated heterocycles. The van der Waals surface area contributed by atoms with E-state index >= 15 is 0 Å². The summed E-state index contributed by atoms with van der Waals surface area (Å²) in [5.74, 6) is 0.844. The summed E-state index contributed by atoms with van der Waals surface area (Å²) >= 11 is 0. The van der Waals surface area contributed by atoms with E-state index in [9.17, 15) is 14.4 Å². The van der Waals surface area contributed by atoms with Gasteiger partial charge in [0.15, 0.2) is 6.10 Å². The Hall–Kier alpha value is -1.59. The highest BCUT2D eigenvalue weighted by Gasteiger charge is 2.19. The first-order valence-electron chi connectivity index (χ1n) is 28.7. The van der Waals surface area contributed by atoms with Crippen LogP contribution >= 0.6 is 0 Å². The van der Waals surface area contributed by atoms with Gasteiger partial charge in [-0.3, -0.25) is 14.4 Å². The van der Waals surface area contributed by atoms with Crippen LogP contribution in [0.5, 0.6) is 0 Å². The summed E-state index contributed by atoms with van der Waals surface area (Å²) in [7, 11) is 0. The summed E-state index contributed by atoms with van der Waals surface area (Å²) in [6.07, 6.45) is 53.7. The molecule has 0 aliphatic rings. The van der Waals surface area contributed by atoms with Crippen LogP contribution < -0.4 is 0 Å². The van der Waals surface area contributed by atoms with E-state index in [2.05, 4.69) is 34.6 Å². The van der Waals surface area contributed by atoms with E-state index < -0.39 is 6.10 Å². The maximum absolute atomic E-state index is 12.8. The van der Waals surface area contributed by atoms with Gasteiger partial charge in [0.1, 0.15) is 13.2 Å². The summed E-state index contributed by atoms with van der Waals surface area (Å²) < 4.78 is 16.9. The molecule has 1 atom stereocenters. The van der Waals surface area contributed by atoms with E-state index in [0.29, 0.717) is 19.3 Å². The third kappa shape index (κ3) is 51.4. The molecule has 0 aliphatic heterocycles. The second kappa shape index (κ2) is 50.8. The quantitative estimate of drug-likeness (QED) is 0.0344. The van der Waals surface area contributed by atoms with Gasteiger partial charge < -0.3 is 14.2 Å². The van der Waals surface area contributed by atoms with Gasteiger partial charge in [-0.05, 0) is 31.1 Å². The Bertz CT molecular complexity index is 978. The Morgan fingerprint density at radius 1 is 0.297 bits per heavy atom. The van der Waals surface area contributed by atoms with Gasteiger partial charge in [-0.1, -0.05) is 285 Å². The van der Waals surface area contributed by atoms with Crippen LogP contribution in [0.1, 0.15) is 324 Å². The summed E-state index contributed by atoms with van der Waals surface area (Å²) in [6, 6.07) is 0. The number of carbonyl (C=O) groups is 3. The zero-order valence-electron chi connectivity index (χ0n) is 43.9. The van der Waals surface area contributed by atoms with Crippen molar-refractivity contribution in [3.05, 3.63) is 0 Å². The lowest BCUT2D eigenvalue weighted by Crippen LogP contribution is -2.30. The number of rotatable bonds is 52. The zero-order chi connectivity index (χ0) is 46.8. The Balaban J connectivity index is 4.28. The van der Waals surface area contributed by atoms with Crippen molar-refractivity contribution in [1.82, 2.24) is 0 Å². The van der Waals surface area contributed by atoms with Crippen molar-refractivity contribution in [2.24, 2.45) is 11.8 Å². The van der Waals surface area contributed by atoms with Gasteiger partial charge in [-0.25, -0.2) is 0 Å². The summed E-state index contributed by atoms with van der Waals surface area (Å²) in [4.78, 5) is 38.1. The van der Waals surface area contributed by atoms with Gasteiger partial charge in [-0.15, -0.1) is 0 Å². The molecule has 0 heterocycles. The minimum absolute atomic E-state index is 0.0626. The van der Waals surface area contributed by atoms with E-state index in [1.54, 1.807) is 0 Å². The molecule has 0 spiro atoms. The molecule has 0 aliphatic carbocycles. The van der Waals surface area contributed by atoms with Crippen LogP contribution in [-0.2, 0) is 28.6 Å². The average molecular weight is 906 g/mol. The molecule has 0 aromatic carbocycles. The smallest absolute Gasteiger partial charge is 0.306 e. The molecule has 0 radical (unpaired) electrons. The molecule has 0 bridgehead atoms. The standard InChI is InChI=1S/C58H112O6/c1-6-7-8-9-10-11-12-16-25-30-35-40-45-50-58(61)64-55(52-63-57(60)49-44-39-34-29-24-20-19-22-27-32-37-42-47-54(4)5)51-62-56(59)48-43-38-33-28-23-18-15-13-14-17-21-26-31-36-41-46-53(2)3/h53-55H,6-52H2,1-5H3/t55-/m0/s1. The van der Waals surface area contributed by atoms with E-state index in [-0.39, 0.29) is 31.1 Å². The average Bonchev–Trinajstić information content (AvgIpc) is 3.27. The van der Waals surface area contributed by atoms with Crippen LogP contribution in [0.2, 0.25) is 0 Å². The van der Waals surface area contributed by atoms with Gasteiger partial charge in [0.25, 0.3) is 0 Å². The third-order valence-corrected chi connectivity index (χ3v) is 13.2. The van der Waals surface area contributed by atoms with Crippen LogP contribution in [0.25, 0.3) is 0 Å². The van der Waals surface area contributed by atoms with Crippen LogP contribution in [0, 0.1) is 11.8 Å². The Morgan fingerprint density at radius 2 is 0.516 bits per heavy atom. The molecule has 0 unspecified atom stereocenters. The lowest BCUT2D eigenvalue weighted by Gasteiger charge is -2.18. The van der Waals surface area contributed by atoms with Gasteiger partial charge in [0.2, 0.25) is 0 Å². The van der Waals surface area contributed by atoms with Gasteiger partial charge in [0.05, 0.1) is 0 Å². The molecule has 0 saturated carbocycles. The molecule has 0 aromatic rings. The van der Waals surface area contributed by atoms with Crippen LogP contribution in [0.3, 0.4) is 0 Å². The first-order valence-corrected chi connectivity index (χ1v) is 28.7. The van der Waals surface area contributed by atoms with Crippen molar-refractivity contribution in [1.29, 1.82) is 0 Å². The van der Waals surface area contributed by atoms with Crippen LogP contribution in [0.15, 0.2) is 0 Å². The molecule has 0 N–H and O–H groups in total. The Morgan fingerprint density at radius 3 is 0.766 bits per heavy atom. The fourth-order valence-corrected chi connectivity index (χ4v) is 8.87. The molecule has 0 fully saturated rings. The minimum Gasteiger partial charge on any atom is -0.462 e. The number of hydrogen-bond acceptors (Lipinski definition) is 6. The number of ether oxygens (including phenoxy) is 3. The third-order valence-electron chi connectivity index (χ3n) is 13.2. The zero-order valence-corrected chi connectivity index (χ0v) is 43.9. The number of hydrogen-bond donors (Lipinski definition) is 0. The number of unbranched alkanes of at least 4 members (excludes halogenated alkanes) is 37. The second-order valence-electron chi connectivity index (χ2n) is 20.9. The largest absolute Gasteiger partial charge is 0.462 e. The normalized spacial score (nSPS) is 12.0. The highest BCUT2D eigenvalue weighted by Crippen LogP contribution is 2.18. The molecule has 6 heteroatoms. The first kappa shape index (κ1) is 62.4. The van der Waals surface area contributed by atoms with Crippen molar-refractivity contribution in [2.45, 2.75) is 330 Å². The van der Waals surface area contributed by atoms with E-state index in [1.807, 2.05) is 0 Å². The number of carbonyl (C=O) groups excluding carboxylic acids is 3. The highest BCUT2D eigenvalue weighted by atomic mass is 16.6. The van der Waals surface area contributed by atoms with Crippen molar-refractivity contribution < 1.29 is 28.6 Å². The lowest BCUT2D eigenvalue weighted by atomic mass is 10.0. The molecule has 380 valence electrons. The van der Waals surface area contributed by atoms with Crippen molar-refractivity contribution >= 4 is 17.9 Å². The van der Waals surface area contributed by atoms with Gasteiger partial charge in [0, 0.05) is 19.3 Å². The lowest BCUT2D eigenvalue weighted by molar-refractivity contribution is -0.167. The first-order chi connectivity index (χ1) is 31.2. The van der Waals surface area contributed by atoms with E-state index in [1.165, 1.54) is 212 Å². The summed E-state index contributed by atoms with van der Waals surface area (Å²) in [6.45, 7) is 11.4. The fourth-order valence-electron chi connectivity index (χ4n) is 8.87. The van der Waals surface area contributed by atoms with Crippen molar-refractivity contribution in [3.63, 3.8) is 0 Å². The highest BCUT2D eigenvalue weighted by molar-refractivity contribution is 5.71. The van der Waals surface area contributed by atoms with Gasteiger partial charge in [-0.2, -0.15) is 0 Å². The predicted molar refractivity (Wildman–Crippen MR) is 275 cm³/mol. The Labute approximate surface area is 399 Å². The van der Waals surface area contributed by atoms with Gasteiger partial charge >= 0.3 is 17.9 Å². The van der Waals surface area contributed by atoms with E-state index in [0.717, 1.165) is 69.6 Å². The molecular weight excluding hydrogens is 793 g/mol. The molecule has 0 aromatic heterocycles. The SMILES string of the molecule is CCCCCCCCCCCCCCCC(=O)O[C@@H](COC(=O)CCCCCCCCCCCCCCCCCC(C)C)COC(=O)CCCCCCCCCCCCCCC(C)C. The Kier molecular flexibility index (Phi) is 49.6. The fraction of sp³-hybridized carbons (Fsp3) is 0.948. The molecular formula is C58H112O6. The maximum Gasteiger partial charge on any atom is 0.306 e. The van der Waals surface area contributed by atoms with Crippen molar-refractivity contribution in [2.75, 3.05) is 13.2 Å². The summed E-state index contributed by atoms with van der Waals surface area (Å²) in [5.41, 5.74) is 0. The maximum atomic E-state index is 12.8. The molecule has 6 nitrogen and oxygen atoms in total. The predicted octanol–water partition coefficient (Wildman–Crippen LogP) is 18.9.